The summed E-state index contributed by atoms with van der Waals surface area (Å²) in [5, 5.41) is 15.8. The summed E-state index contributed by atoms with van der Waals surface area (Å²) in [7, 11) is 0. The van der Waals surface area contributed by atoms with Gasteiger partial charge in [-0.15, -0.1) is 11.3 Å². The van der Waals surface area contributed by atoms with Gasteiger partial charge in [0, 0.05) is 18.7 Å². The molecule has 100 valence electrons. The molecule has 0 fully saturated rings. The molecule has 1 aromatic carbocycles. The van der Waals surface area contributed by atoms with E-state index in [-0.39, 0.29) is 5.69 Å². The van der Waals surface area contributed by atoms with Gasteiger partial charge in [-0.1, -0.05) is 12.1 Å². The third-order valence-electron chi connectivity index (χ3n) is 2.85. The molecule has 7 heteroatoms. The highest BCUT2D eigenvalue weighted by Gasteiger charge is 2.06. The van der Waals surface area contributed by atoms with Crippen LogP contribution in [0.1, 0.15) is 5.56 Å². The van der Waals surface area contributed by atoms with Crippen molar-refractivity contribution in [3.8, 4) is 0 Å². The van der Waals surface area contributed by atoms with E-state index in [4.69, 9.17) is 0 Å². The van der Waals surface area contributed by atoms with Gasteiger partial charge in [-0.25, -0.2) is 9.97 Å². The third-order valence-corrected chi connectivity index (χ3v) is 3.76. The highest BCUT2D eigenvalue weighted by molar-refractivity contribution is 7.17. The fraction of sp³-hybridized carbons (Fsp3) is 0.0769. The second kappa shape index (κ2) is 5.22. The maximum Gasteiger partial charge on any atom is 0.269 e. The zero-order valence-electron chi connectivity index (χ0n) is 10.3. The summed E-state index contributed by atoms with van der Waals surface area (Å²) in [5.41, 5.74) is 1.96. The third kappa shape index (κ3) is 2.43. The molecule has 0 atom stereocenters. The van der Waals surface area contributed by atoms with E-state index in [1.165, 1.54) is 18.5 Å². The van der Waals surface area contributed by atoms with E-state index in [0.29, 0.717) is 6.54 Å². The van der Waals surface area contributed by atoms with Gasteiger partial charge in [0.1, 0.15) is 12.1 Å². The number of aromatic nitrogens is 2. The number of nitrogens with zero attached hydrogens (tertiary/aromatic N) is 3. The van der Waals surface area contributed by atoms with Gasteiger partial charge in [-0.2, -0.15) is 0 Å². The molecule has 2 heterocycles. The number of thiophene rings is 1. The molecule has 0 bridgehead atoms. The molecule has 0 aliphatic heterocycles. The molecule has 6 nitrogen and oxygen atoms in total. The van der Waals surface area contributed by atoms with Crippen molar-refractivity contribution in [3.05, 3.63) is 57.7 Å². The first-order valence-electron chi connectivity index (χ1n) is 5.89. The summed E-state index contributed by atoms with van der Waals surface area (Å²) in [4.78, 5) is 18.6. The molecule has 0 aliphatic rings. The Morgan fingerprint density at radius 3 is 2.75 bits per heavy atom. The predicted molar refractivity (Wildman–Crippen MR) is 77.8 cm³/mol. The Balaban J connectivity index is 1.76. The quantitative estimate of drug-likeness (QED) is 0.588. The molecule has 0 amide bonds. The normalized spacial score (nSPS) is 10.6. The van der Waals surface area contributed by atoms with Crippen molar-refractivity contribution in [2.45, 2.75) is 6.54 Å². The number of fused-ring (bicyclic) bond motifs is 1. The van der Waals surface area contributed by atoms with E-state index in [1.54, 1.807) is 23.5 Å². The van der Waals surface area contributed by atoms with Crippen LogP contribution in [0, 0.1) is 10.1 Å². The number of rotatable bonds is 4. The van der Waals surface area contributed by atoms with Gasteiger partial charge >= 0.3 is 0 Å². The number of anilines is 1. The standard InChI is InChI=1S/C13H10N4O2S/c18-17(19)10-3-1-9(2-4-10)7-14-13-12-11(5-6-20-12)15-8-16-13/h1-6,8H,7H2,(H,14,15,16). The van der Waals surface area contributed by atoms with Crippen LogP contribution in [0.3, 0.4) is 0 Å². The van der Waals surface area contributed by atoms with Crippen molar-refractivity contribution < 1.29 is 4.92 Å². The van der Waals surface area contributed by atoms with Crippen molar-refractivity contribution in [1.82, 2.24) is 9.97 Å². The molecular weight excluding hydrogens is 276 g/mol. The lowest BCUT2D eigenvalue weighted by Crippen LogP contribution is -2.01. The highest BCUT2D eigenvalue weighted by Crippen LogP contribution is 2.25. The van der Waals surface area contributed by atoms with Crippen LogP contribution in [0.2, 0.25) is 0 Å². The van der Waals surface area contributed by atoms with Gasteiger partial charge in [0.2, 0.25) is 0 Å². The van der Waals surface area contributed by atoms with Crippen molar-refractivity contribution in [2.24, 2.45) is 0 Å². The maximum absolute atomic E-state index is 10.6. The Morgan fingerprint density at radius 2 is 2.00 bits per heavy atom. The minimum absolute atomic E-state index is 0.0939. The number of hydrogen-bond acceptors (Lipinski definition) is 6. The second-order valence-electron chi connectivity index (χ2n) is 4.13. The van der Waals surface area contributed by atoms with E-state index in [1.807, 2.05) is 11.4 Å². The Kier molecular flexibility index (Phi) is 3.26. The lowest BCUT2D eigenvalue weighted by molar-refractivity contribution is -0.384. The average Bonchev–Trinajstić information content (AvgIpc) is 2.94. The zero-order chi connectivity index (χ0) is 13.9. The Bertz CT molecular complexity index is 754. The molecule has 0 saturated carbocycles. The SMILES string of the molecule is O=[N+]([O-])c1ccc(CNc2ncnc3ccsc23)cc1. The van der Waals surface area contributed by atoms with E-state index in [0.717, 1.165) is 21.6 Å². The Hall–Kier alpha value is -2.54. The molecule has 20 heavy (non-hydrogen) atoms. The predicted octanol–water partition coefficient (Wildman–Crippen LogP) is 3.21. The number of nitrogens with one attached hydrogen (secondary N) is 1. The second-order valence-corrected chi connectivity index (χ2v) is 5.05. The van der Waals surface area contributed by atoms with Crippen molar-refractivity contribution >= 4 is 33.1 Å². The van der Waals surface area contributed by atoms with E-state index in [9.17, 15) is 10.1 Å². The first-order valence-corrected chi connectivity index (χ1v) is 6.77. The Morgan fingerprint density at radius 1 is 1.20 bits per heavy atom. The summed E-state index contributed by atoms with van der Waals surface area (Å²) >= 11 is 1.58. The van der Waals surface area contributed by atoms with E-state index < -0.39 is 4.92 Å². The topological polar surface area (TPSA) is 81.0 Å². The van der Waals surface area contributed by atoms with Gasteiger partial charge in [-0.3, -0.25) is 10.1 Å². The van der Waals surface area contributed by atoms with Crippen LogP contribution in [0.4, 0.5) is 11.5 Å². The summed E-state index contributed by atoms with van der Waals surface area (Å²) < 4.78 is 1.01. The van der Waals surface area contributed by atoms with Crippen molar-refractivity contribution in [2.75, 3.05) is 5.32 Å². The summed E-state index contributed by atoms with van der Waals surface area (Å²) in [5.74, 6) is 0.781. The zero-order valence-corrected chi connectivity index (χ0v) is 11.1. The van der Waals surface area contributed by atoms with Gasteiger partial charge in [0.25, 0.3) is 5.69 Å². The molecule has 0 spiro atoms. The summed E-state index contributed by atoms with van der Waals surface area (Å²) in [6.07, 6.45) is 1.52. The van der Waals surface area contributed by atoms with Gasteiger partial charge in [-0.05, 0) is 17.0 Å². The van der Waals surface area contributed by atoms with Crippen LogP contribution in [0.5, 0.6) is 0 Å². The number of benzene rings is 1. The molecule has 2 aromatic heterocycles. The maximum atomic E-state index is 10.6. The fourth-order valence-corrected chi connectivity index (χ4v) is 2.65. The Labute approximate surface area is 118 Å². The highest BCUT2D eigenvalue weighted by atomic mass is 32.1. The molecule has 0 aliphatic carbocycles. The lowest BCUT2D eigenvalue weighted by atomic mass is 10.2. The van der Waals surface area contributed by atoms with Crippen molar-refractivity contribution in [1.29, 1.82) is 0 Å². The summed E-state index contributed by atoms with van der Waals surface area (Å²) in [6, 6.07) is 8.41. The van der Waals surface area contributed by atoms with Crippen molar-refractivity contribution in [3.63, 3.8) is 0 Å². The first kappa shape index (κ1) is 12.5. The van der Waals surface area contributed by atoms with Crippen LogP contribution < -0.4 is 5.32 Å². The van der Waals surface area contributed by atoms with Gasteiger partial charge < -0.3 is 5.32 Å². The minimum Gasteiger partial charge on any atom is -0.365 e. The van der Waals surface area contributed by atoms with Crippen LogP contribution in [-0.2, 0) is 6.54 Å². The molecule has 3 aromatic rings. The van der Waals surface area contributed by atoms with E-state index in [2.05, 4.69) is 15.3 Å². The van der Waals surface area contributed by atoms with Crippen LogP contribution >= 0.6 is 11.3 Å². The molecule has 3 rings (SSSR count). The first-order chi connectivity index (χ1) is 9.74. The number of hydrogen-bond donors (Lipinski definition) is 1. The average molecular weight is 286 g/mol. The van der Waals surface area contributed by atoms with Gasteiger partial charge in [0.05, 0.1) is 15.1 Å². The van der Waals surface area contributed by atoms with Gasteiger partial charge in [0.15, 0.2) is 0 Å². The monoisotopic (exact) mass is 286 g/mol. The molecule has 0 saturated heterocycles. The number of nitro groups is 1. The molecule has 1 N–H and O–H groups in total. The van der Waals surface area contributed by atoms with E-state index >= 15 is 0 Å². The molecule has 0 unspecified atom stereocenters. The number of non-ortho nitro benzene ring substituents is 1. The molecular formula is C13H10N4O2S. The summed E-state index contributed by atoms with van der Waals surface area (Å²) in [6.45, 7) is 0.558. The molecule has 0 radical (unpaired) electrons. The van der Waals surface area contributed by atoms with Crippen LogP contribution in [-0.4, -0.2) is 14.9 Å². The van der Waals surface area contributed by atoms with Crippen LogP contribution in [0.15, 0.2) is 42.0 Å². The minimum atomic E-state index is -0.406. The lowest BCUT2D eigenvalue weighted by Gasteiger charge is -2.06. The fourth-order valence-electron chi connectivity index (χ4n) is 1.84. The largest absolute Gasteiger partial charge is 0.365 e. The number of nitro benzene ring substituents is 1. The smallest absolute Gasteiger partial charge is 0.269 e. The van der Waals surface area contributed by atoms with Crippen LogP contribution in [0.25, 0.3) is 10.2 Å².